The summed E-state index contributed by atoms with van der Waals surface area (Å²) in [6, 6.07) is 10.2. The third-order valence-corrected chi connectivity index (χ3v) is 6.73. The van der Waals surface area contributed by atoms with Gasteiger partial charge < -0.3 is 15.1 Å². The molecule has 1 aromatic heterocycles. The molecule has 1 saturated heterocycles. The maximum atomic E-state index is 6.85. The summed E-state index contributed by atoms with van der Waals surface area (Å²) in [6.45, 7) is 6.60. The SMILES string of the molecule is CC1=CC(C)(C)N(C)c2cc(Cl)c([C@@H]3[C@@H](c4ccccn4)NC(=S)N3C)cc21. The largest absolute Gasteiger partial charge is 0.365 e. The molecule has 2 aliphatic rings. The predicted molar refractivity (Wildman–Crippen MR) is 121 cm³/mol. The number of rotatable bonds is 2. The second kappa shape index (κ2) is 6.75. The van der Waals surface area contributed by atoms with Gasteiger partial charge in [-0.3, -0.25) is 4.98 Å². The lowest BCUT2D eigenvalue weighted by Gasteiger charge is -2.41. The number of thiocarbonyl (C=S) groups is 1. The molecule has 2 aliphatic heterocycles. The van der Waals surface area contributed by atoms with Crippen molar-refractivity contribution in [2.24, 2.45) is 0 Å². The van der Waals surface area contributed by atoms with E-state index in [1.807, 2.05) is 31.4 Å². The van der Waals surface area contributed by atoms with Gasteiger partial charge in [0.25, 0.3) is 0 Å². The minimum Gasteiger partial charge on any atom is -0.365 e. The first-order valence-corrected chi connectivity index (χ1v) is 10.2. The minimum atomic E-state index is -0.0499. The number of hydrogen-bond donors (Lipinski definition) is 1. The molecular weight excluding hydrogens is 388 g/mol. The first kappa shape index (κ1) is 19.2. The normalized spacial score (nSPS) is 23.4. The van der Waals surface area contributed by atoms with E-state index in [4.69, 9.17) is 23.8 Å². The molecule has 0 spiro atoms. The highest BCUT2D eigenvalue weighted by Gasteiger charge is 2.40. The molecule has 1 N–H and O–H groups in total. The summed E-state index contributed by atoms with van der Waals surface area (Å²) >= 11 is 12.4. The van der Waals surface area contributed by atoms with Crippen molar-refractivity contribution in [2.45, 2.75) is 38.4 Å². The summed E-state index contributed by atoms with van der Waals surface area (Å²) < 4.78 is 0. The quantitative estimate of drug-likeness (QED) is 0.704. The van der Waals surface area contributed by atoms with Crippen LogP contribution in [-0.2, 0) is 0 Å². The minimum absolute atomic E-state index is 0.0201. The fourth-order valence-electron chi connectivity index (χ4n) is 4.26. The van der Waals surface area contributed by atoms with Gasteiger partial charge in [-0.2, -0.15) is 0 Å². The Balaban J connectivity index is 1.85. The van der Waals surface area contributed by atoms with Crippen LogP contribution in [0.1, 0.15) is 49.7 Å². The van der Waals surface area contributed by atoms with Crippen molar-refractivity contribution in [3.8, 4) is 0 Å². The zero-order valence-electron chi connectivity index (χ0n) is 16.8. The van der Waals surface area contributed by atoms with E-state index < -0.39 is 0 Å². The third kappa shape index (κ3) is 2.97. The van der Waals surface area contributed by atoms with Crippen LogP contribution in [0.25, 0.3) is 5.57 Å². The van der Waals surface area contributed by atoms with E-state index in [1.165, 1.54) is 11.1 Å². The number of likely N-dealkylation sites (N-methyl/N-ethyl adjacent to an activating group) is 2. The van der Waals surface area contributed by atoms with Gasteiger partial charge in [-0.1, -0.05) is 23.7 Å². The highest BCUT2D eigenvalue weighted by Crippen LogP contribution is 2.46. The maximum absolute atomic E-state index is 6.85. The average Bonchev–Trinajstić information content (AvgIpc) is 2.95. The van der Waals surface area contributed by atoms with E-state index in [1.54, 1.807) is 0 Å². The summed E-state index contributed by atoms with van der Waals surface area (Å²) in [6.07, 6.45) is 4.12. The molecule has 146 valence electrons. The monoisotopic (exact) mass is 412 g/mol. The van der Waals surface area contributed by atoms with Gasteiger partial charge in [-0.25, -0.2) is 0 Å². The first-order chi connectivity index (χ1) is 13.2. The summed E-state index contributed by atoms with van der Waals surface area (Å²) in [5, 5.41) is 4.88. The van der Waals surface area contributed by atoms with Gasteiger partial charge in [0.1, 0.15) is 0 Å². The zero-order chi connectivity index (χ0) is 20.2. The van der Waals surface area contributed by atoms with E-state index in [-0.39, 0.29) is 17.6 Å². The molecule has 2 atom stereocenters. The number of pyridine rings is 1. The third-order valence-electron chi connectivity index (χ3n) is 5.99. The van der Waals surface area contributed by atoms with Gasteiger partial charge >= 0.3 is 0 Å². The van der Waals surface area contributed by atoms with E-state index in [0.717, 1.165) is 22.0 Å². The fraction of sp³-hybridized carbons (Fsp3) is 0.364. The molecule has 0 saturated carbocycles. The number of halogens is 1. The molecule has 0 radical (unpaired) electrons. The lowest BCUT2D eigenvalue weighted by molar-refractivity contribution is 0.368. The second-order valence-electron chi connectivity index (χ2n) is 8.17. The predicted octanol–water partition coefficient (Wildman–Crippen LogP) is 4.97. The van der Waals surface area contributed by atoms with Crippen molar-refractivity contribution in [1.29, 1.82) is 0 Å². The number of benzene rings is 1. The highest BCUT2D eigenvalue weighted by atomic mass is 35.5. The Morgan fingerprint density at radius 1 is 1.21 bits per heavy atom. The molecule has 2 aromatic rings. The van der Waals surface area contributed by atoms with Crippen LogP contribution in [0.4, 0.5) is 5.69 Å². The van der Waals surface area contributed by atoms with Crippen LogP contribution >= 0.6 is 23.8 Å². The Morgan fingerprint density at radius 3 is 2.64 bits per heavy atom. The molecule has 1 aromatic carbocycles. The molecule has 4 nitrogen and oxygen atoms in total. The maximum Gasteiger partial charge on any atom is 0.169 e. The number of fused-ring (bicyclic) bond motifs is 1. The van der Waals surface area contributed by atoms with Crippen LogP contribution in [0.5, 0.6) is 0 Å². The van der Waals surface area contributed by atoms with E-state index >= 15 is 0 Å². The topological polar surface area (TPSA) is 31.4 Å². The average molecular weight is 413 g/mol. The van der Waals surface area contributed by atoms with E-state index in [0.29, 0.717) is 5.11 Å². The number of allylic oxidation sites excluding steroid dienone is 1. The van der Waals surface area contributed by atoms with E-state index in [9.17, 15) is 0 Å². The molecule has 28 heavy (non-hydrogen) atoms. The number of hydrogen-bond acceptors (Lipinski definition) is 3. The van der Waals surface area contributed by atoms with Crippen LogP contribution in [0.15, 0.2) is 42.6 Å². The van der Waals surface area contributed by atoms with Crippen molar-refractivity contribution in [2.75, 3.05) is 19.0 Å². The van der Waals surface area contributed by atoms with Gasteiger partial charge in [0, 0.05) is 36.6 Å². The Labute approximate surface area is 177 Å². The standard InChI is InChI=1S/C22H25ClN4S/c1-13-12-22(2,3)27(5)18-11-16(23)15(10-14(13)18)20-19(25-21(28)26(20)4)17-8-6-7-9-24-17/h6-12,19-20H,1-5H3,(H,25,28)/t19-,20-/m1/s1. The smallest absolute Gasteiger partial charge is 0.169 e. The molecule has 0 aliphatic carbocycles. The summed E-state index contributed by atoms with van der Waals surface area (Å²) in [5.41, 5.74) is 5.61. The number of nitrogens with zero attached hydrogens (tertiary/aromatic N) is 3. The fourth-order valence-corrected chi connectivity index (χ4v) is 4.77. The number of nitrogens with one attached hydrogen (secondary N) is 1. The molecule has 3 heterocycles. The second-order valence-corrected chi connectivity index (χ2v) is 8.96. The van der Waals surface area contributed by atoms with Crippen molar-refractivity contribution in [3.63, 3.8) is 0 Å². The molecular formula is C22H25ClN4S. The van der Waals surface area contributed by atoms with Gasteiger partial charge in [0.15, 0.2) is 5.11 Å². The van der Waals surface area contributed by atoms with Gasteiger partial charge in [-0.15, -0.1) is 0 Å². The Morgan fingerprint density at radius 2 is 1.96 bits per heavy atom. The van der Waals surface area contributed by atoms with Crippen molar-refractivity contribution in [1.82, 2.24) is 15.2 Å². The van der Waals surface area contributed by atoms with Crippen LogP contribution in [0, 0.1) is 0 Å². The van der Waals surface area contributed by atoms with Gasteiger partial charge in [0.05, 0.1) is 23.3 Å². The first-order valence-electron chi connectivity index (χ1n) is 9.42. The zero-order valence-corrected chi connectivity index (χ0v) is 18.4. The van der Waals surface area contributed by atoms with Crippen LogP contribution in [0.3, 0.4) is 0 Å². The lowest BCUT2D eigenvalue weighted by atomic mass is 9.86. The van der Waals surface area contributed by atoms with Crippen molar-refractivity contribution in [3.05, 3.63) is 64.4 Å². The molecule has 0 unspecified atom stereocenters. The summed E-state index contributed by atoms with van der Waals surface area (Å²) in [4.78, 5) is 8.92. The summed E-state index contributed by atoms with van der Waals surface area (Å²) in [7, 11) is 4.13. The Hall–Kier alpha value is -2.11. The van der Waals surface area contributed by atoms with E-state index in [2.05, 4.69) is 66.1 Å². The Kier molecular flexibility index (Phi) is 4.63. The van der Waals surface area contributed by atoms with Crippen molar-refractivity contribution >= 4 is 40.2 Å². The number of aromatic nitrogens is 1. The molecule has 0 amide bonds. The molecule has 0 bridgehead atoms. The highest BCUT2D eigenvalue weighted by molar-refractivity contribution is 7.80. The number of anilines is 1. The lowest BCUT2D eigenvalue weighted by Crippen LogP contribution is -2.42. The molecule has 6 heteroatoms. The molecule has 1 fully saturated rings. The van der Waals surface area contributed by atoms with Gasteiger partial charge in [0.2, 0.25) is 0 Å². The Bertz CT molecular complexity index is 970. The van der Waals surface area contributed by atoms with Crippen LogP contribution < -0.4 is 10.2 Å². The van der Waals surface area contributed by atoms with Gasteiger partial charge in [-0.05, 0) is 68.4 Å². The van der Waals surface area contributed by atoms with Crippen molar-refractivity contribution < 1.29 is 0 Å². The molecule has 4 rings (SSSR count). The van der Waals surface area contributed by atoms with Crippen LogP contribution in [0.2, 0.25) is 5.02 Å². The summed E-state index contributed by atoms with van der Waals surface area (Å²) in [5.74, 6) is 0. The van der Waals surface area contributed by atoms with Crippen LogP contribution in [-0.4, -0.2) is 34.6 Å².